The molecule has 0 radical (unpaired) electrons. The Morgan fingerprint density at radius 3 is 2.78 bits per heavy atom. The molecule has 1 aromatic heterocycles. The minimum absolute atomic E-state index is 0.284. The Morgan fingerprint density at radius 2 is 2.06 bits per heavy atom. The van der Waals surface area contributed by atoms with E-state index in [9.17, 15) is 4.79 Å². The molecule has 2 aromatic rings. The zero-order valence-corrected chi connectivity index (χ0v) is 9.71. The van der Waals surface area contributed by atoms with Gasteiger partial charge in [0.15, 0.2) is 0 Å². The average Bonchev–Trinajstić information content (AvgIpc) is 2.30. The molecule has 0 atom stereocenters. The lowest BCUT2D eigenvalue weighted by molar-refractivity contribution is 0.0697. The highest BCUT2D eigenvalue weighted by Gasteiger charge is 2.21. The molecule has 1 N–H and O–H groups in total. The van der Waals surface area contributed by atoms with Gasteiger partial charge in [-0.3, -0.25) is 4.98 Å². The van der Waals surface area contributed by atoms with E-state index in [4.69, 9.17) is 5.11 Å². The van der Waals surface area contributed by atoms with Crippen molar-refractivity contribution in [3.05, 3.63) is 58.9 Å². The number of pyridine rings is 1. The molecule has 3 rings (SSSR count). The summed E-state index contributed by atoms with van der Waals surface area (Å²) in [7, 11) is 0. The maximum atomic E-state index is 10.9. The van der Waals surface area contributed by atoms with Gasteiger partial charge in [0.2, 0.25) is 0 Å². The lowest BCUT2D eigenvalue weighted by Crippen LogP contribution is -2.13. The van der Waals surface area contributed by atoms with Crippen LogP contribution < -0.4 is 0 Å². The van der Waals surface area contributed by atoms with Crippen molar-refractivity contribution in [2.24, 2.45) is 4.99 Å². The number of carboxylic acids is 1. The van der Waals surface area contributed by atoms with E-state index in [-0.39, 0.29) is 5.56 Å². The fourth-order valence-electron chi connectivity index (χ4n) is 2.00. The third kappa shape index (κ3) is 1.59. The van der Waals surface area contributed by atoms with Crippen molar-refractivity contribution in [1.82, 2.24) is 4.98 Å². The monoisotopic (exact) mass is 238 g/mol. The van der Waals surface area contributed by atoms with Crippen molar-refractivity contribution >= 4 is 17.4 Å². The Kier molecular flexibility index (Phi) is 2.23. The van der Waals surface area contributed by atoms with Crippen molar-refractivity contribution < 1.29 is 9.90 Å². The molecule has 2 heterocycles. The van der Waals surface area contributed by atoms with Gasteiger partial charge in [0.05, 0.1) is 17.0 Å². The highest BCUT2D eigenvalue weighted by molar-refractivity contribution is 6.22. The number of aryl methyl sites for hydroxylation is 1. The number of rotatable bonds is 2. The molecule has 0 saturated heterocycles. The van der Waals surface area contributed by atoms with Gasteiger partial charge in [-0.2, -0.15) is 0 Å². The highest BCUT2D eigenvalue weighted by Crippen LogP contribution is 2.33. The largest absolute Gasteiger partial charge is 0.478 e. The summed E-state index contributed by atoms with van der Waals surface area (Å²) in [5.41, 5.74) is 4.73. The van der Waals surface area contributed by atoms with Crippen molar-refractivity contribution in [3.63, 3.8) is 0 Å². The van der Waals surface area contributed by atoms with Gasteiger partial charge < -0.3 is 5.11 Å². The fraction of sp³-hybridized carbons (Fsp3) is 0.0714. The molecular formula is C14H10N2O2. The van der Waals surface area contributed by atoms with Gasteiger partial charge in [-0.05, 0) is 37.3 Å². The van der Waals surface area contributed by atoms with E-state index >= 15 is 0 Å². The highest BCUT2D eigenvalue weighted by atomic mass is 16.4. The Bertz CT molecular complexity index is 690. The summed E-state index contributed by atoms with van der Waals surface area (Å²) in [6.07, 6.45) is 1.73. The molecule has 18 heavy (non-hydrogen) atoms. The van der Waals surface area contributed by atoms with Crippen LogP contribution in [0, 0.1) is 6.92 Å². The summed E-state index contributed by atoms with van der Waals surface area (Å²) in [6.45, 7) is 1.91. The van der Waals surface area contributed by atoms with Gasteiger partial charge in [0.25, 0.3) is 0 Å². The third-order valence-corrected chi connectivity index (χ3v) is 2.90. The minimum atomic E-state index is -0.921. The standard InChI is InChI=1S/C14H10N2O2/c1-8-6-9(4-5-15-8)13-11-7-10(14(17)18)2-3-12(11)16-13/h2-7H,1H3,(H,17,18). The molecule has 1 aromatic carbocycles. The van der Waals surface area contributed by atoms with Gasteiger partial charge in [0.1, 0.15) is 0 Å². The molecule has 0 unspecified atom stereocenters. The van der Waals surface area contributed by atoms with Crippen LogP contribution in [0.2, 0.25) is 0 Å². The van der Waals surface area contributed by atoms with Gasteiger partial charge in [-0.15, -0.1) is 0 Å². The quantitative estimate of drug-likeness (QED) is 0.746. The van der Waals surface area contributed by atoms with E-state index in [1.54, 1.807) is 24.4 Å². The van der Waals surface area contributed by atoms with E-state index in [1.807, 2.05) is 19.1 Å². The van der Waals surface area contributed by atoms with Crippen LogP contribution in [0.3, 0.4) is 0 Å². The number of benzene rings is 1. The number of carbonyl (C=O) groups is 1. The first-order chi connectivity index (χ1) is 8.65. The Balaban J connectivity index is 2.04. The van der Waals surface area contributed by atoms with Crippen LogP contribution in [0.4, 0.5) is 5.69 Å². The van der Waals surface area contributed by atoms with E-state index in [2.05, 4.69) is 9.98 Å². The van der Waals surface area contributed by atoms with Gasteiger partial charge >= 0.3 is 5.97 Å². The number of hydrogen-bond donors (Lipinski definition) is 1. The number of aromatic nitrogens is 1. The lowest BCUT2D eigenvalue weighted by atomic mass is 9.94. The molecular weight excluding hydrogens is 228 g/mol. The van der Waals surface area contributed by atoms with Crippen LogP contribution in [-0.2, 0) is 0 Å². The molecule has 0 aliphatic carbocycles. The van der Waals surface area contributed by atoms with Crippen LogP contribution in [-0.4, -0.2) is 21.8 Å². The summed E-state index contributed by atoms with van der Waals surface area (Å²) in [6, 6.07) is 8.78. The van der Waals surface area contributed by atoms with E-state index in [1.165, 1.54) is 0 Å². The molecule has 1 aliphatic rings. The SMILES string of the molecule is Cc1cc(C2=Nc3ccc(C(=O)O)cc32)ccn1. The van der Waals surface area contributed by atoms with Crippen LogP contribution in [0.1, 0.15) is 27.2 Å². The number of carboxylic acid groups (broad SMARTS) is 1. The summed E-state index contributed by atoms with van der Waals surface area (Å²) < 4.78 is 0. The smallest absolute Gasteiger partial charge is 0.335 e. The van der Waals surface area contributed by atoms with Crippen LogP contribution >= 0.6 is 0 Å². The van der Waals surface area contributed by atoms with Crippen molar-refractivity contribution in [3.8, 4) is 0 Å². The van der Waals surface area contributed by atoms with Crippen molar-refractivity contribution in [2.75, 3.05) is 0 Å². The number of nitrogens with zero attached hydrogens (tertiary/aromatic N) is 2. The van der Waals surface area contributed by atoms with E-state index in [0.29, 0.717) is 0 Å². The summed E-state index contributed by atoms with van der Waals surface area (Å²) in [4.78, 5) is 19.5. The molecule has 0 saturated carbocycles. The van der Waals surface area contributed by atoms with E-state index < -0.39 is 5.97 Å². The van der Waals surface area contributed by atoms with E-state index in [0.717, 1.165) is 28.2 Å². The van der Waals surface area contributed by atoms with Gasteiger partial charge in [0, 0.05) is 23.0 Å². The normalized spacial score (nSPS) is 12.4. The fourth-order valence-corrected chi connectivity index (χ4v) is 2.00. The third-order valence-electron chi connectivity index (χ3n) is 2.90. The Morgan fingerprint density at radius 1 is 1.22 bits per heavy atom. The second-order valence-corrected chi connectivity index (χ2v) is 4.18. The summed E-state index contributed by atoms with van der Waals surface area (Å²) >= 11 is 0. The zero-order valence-electron chi connectivity index (χ0n) is 9.71. The molecule has 1 aliphatic heterocycles. The van der Waals surface area contributed by atoms with Crippen LogP contribution in [0.25, 0.3) is 0 Å². The molecule has 4 heteroatoms. The molecule has 0 bridgehead atoms. The van der Waals surface area contributed by atoms with Gasteiger partial charge in [-0.1, -0.05) is 0 Å². The second-order valence-electron chi connectivity index (χ2n) is 4.18. The topological polar surface area (TPSA) is 62.5 Å². The summed E-state index contributed by atoms with van der Waals surface area (Å²) in [5.74, 6) is -0.921. The number of aliphatic imine (C=N–C) groups is 1. The molecule has 4 nitrogen and oxygen atoms in total. The Labute approximate surface area is 104 Å². The lowest BCUT2D eigenvalue weighted by Gasteiger charge is -2.19. The predicted octanol–water partition coefficient (Wildman–Crippen LogP) is 2.57. The number of aromatic carboxylic acids is 1. The molecule has 0 fully saturated rings. The summed E-state index contributed by atoms with van der Waals surface area (Å²) in [5, 5.41) is 8.98. The predicted molar refractivity (Wildman–Crippen MR) is 67.7 cm³/mol. The first-order valence-corrected chi connectivity index (χ1v) is 5.54. The maximum Gasteiger partial charge on any atom is 0.335 e. The minimum Gasteiger partial charge on any atom is -0.478 e. The average molecular weight is 238 g/mol. The van der Waals surface area contributed by atoms with Crippen LogP contribution in [0.15, 0.2) is 41.5 Å². The molecule has 0 amide bonds. The number of hydrogen-bond acceptors (Lipinski definition) is 3. The zero-order chi connectivity index (χ0) is 12.7. The molecule has 0 spiro atoms. The first-order valence-electron chi connectivity index (χ1n) is 5.54. The maximum absolute atomic E-state index is 10.9. The molecule has 88 valence electrons. The van der Waals surface area contributed by atoms with Crippen molar-refractivity contribution in [1.29, 1.82) is 0 Å². The second kappa shape index (κ2) is 3.77. The first kappa shape index (κ1) is 10.7. The van der Waals surface area contributed by atoms with Gasteiger partial charge in [-0.25, -0.2) is 9.79 Å². The Hall–Kier alpha value is -2.49. The van der Waals surface area contributed by atoms with Crippen LogP contribution in [0.5, 0.6) is 0 Å². The number of fused-ring (bicyclic) bond motifs is 1. The van der Waals surface area contributed by atoms with Crippen molar-refractivity contribution in [2.45, 2.75) is 6.92 Å².